The Hall–Kier alpha value is -2.67. The molecule has 0 bridgehead atoms. The third-order valence-corrected chi connectivity index (χ3v) is 7.00. The van der Waals surface area contributed by atoms with Crippen LogP contribution in [0.2, 0.25) is 0 Å². The summed E-state index contributed by atoms with van der Waals surface area (Å²) in [6.45, 7) is 10.3. The monoisotopic (exact) mass is 425 g/mol. The van der Waals surface area contributed by atoms with Crippen molar-refractivity contribution in [1.82, 2.24) is 19.7 Å². The van der Waals surface area contributed by atoms with Crippen molar-refractivity contribution in [2.75, 3.05) is 18.0 Å². The first-order chi connectivity index (χ1) is 14.8. The molecule has 3 atom stereocenters. The number of aromatic nitrogens is 3. The molecular weight excluding hydrogens is 393 g/mol. The van der Waals surface area contributed by atoms with Gasteiger partial charge in [-0.2, -0.15) is 5.10 Å². The first kappa shape index (κ1) is 21.6. The van der Waals surface area contributed by atoms with Gasteiger partial charge in [0.2, 0.25) is 0 Å². The van der Waals surface area contributed by atoms with Crippen LogP contribution in [-0.4, -0.2) is 44.8 Å². The molecule has 0 spiro atoms. The molecule has 0 amide bonds. The van der Waals surface area contributed by atoms with Crippen LogP contribution >= 0.6 is 0 Å². The first-order valence-corrected chi connectivity index (χ1v) is 11.2. The highest BCUT2D eigenvalue weighted by atomic mass is 19.1. The van der Waals surface area contributed by atoms with Crippen LogP contribution in [0.15, 0.2) is 35.3 Å². The Labute approximate surface area is 182 Å². The molecule has 7 heteroatoms. The number of nitrogens with one attached hydrogen (secondary N) is 1. The van der Waals surface area contributed by atoms with E-state index in [1.54, 1.807) is 36.0 Å². The van der Waals surface area contributed by atoms with Crippen molar-refractivity contribution in [2.24, 2.45) is 7.05 Å². The highest BCUT2D eigenvalue weighted by molar-refractivity contribution is 5.88. The van der Waals surface area contributed by atoms with Crippen LogP contribution in [0.5, 0.6) is 0 Å². The maximum absolute atomic E-state index is 13.7. The average molecular weight is 426 g/mol. The van der Waals surface area contributed by atoms with Gasteiger partial charge in [0.25, 0.3) is 5.56 Å². The minimum absolute atomic E-state index is 0.0236. The van der Waals surface area contributed by atoms with Gasteiger partial charge in [0.15, 0.2) is 0 Å². The smallest absolute Gasteiger partial charge is 0.252 e. The number of aromatic amines is 1. The minimum atomic E-state index is -0.189. The Morgan fingerprint density at radius 1 is 1.19 bits per heavy atom. The topological polar surface area (TPSA) is 57.2 Å². The molecule has 0 aliphatic carbocycles. The van der Waals surface area contributed by atoms with E-state index < -0.39 is 0 Å². The molecule has 1 aliphatic heterocycles. The second-order valence-electron chi connectivity index (χ2n) is 8.71. The fraction of sp³-hybridized carbons (Fsp3) is 0.500. The van der Waals surface area contributed by atoms with Crippen LogP contribution in [0, 0.1) is 12.7 Å². The standard InChI is InChI=1S/C24H32FN5O/c1-6-18-14-30(21-11-23(31)28(5)22-12-26-27-24(21)22)19(7-2)13-29(18)16(4)20-9-8-17(25)10-15(20)3/h8-12,16,18-19H,6-7,13-14H2,1-5H3,(H,26,27)/t16?,18-,19+/m1/s1. The number of fused-ring (bicyclic) bond motifs is 1. The zero-order valence-electron chi connectivity index (χ0n) is 19.0. The summed E-state index contributed by atoms with van der Waals surface area (Å²) < 4.78 is 15.3. The Bertz CT molecular complexity index is 1140. The lowest BCUT2D eigenvalue weighted by Gasteiger charge is -2.49. The second kappa shape index (κ2) is 8.46. The number of anilines is 1. The van der Waals surface area contributed by atoms with Crippen molar-refractivity contribution in [3.05, 3.63) is 57.8 Å². The van der Waals surface area contributed by atoms with E-state index in [-0.39, 0.29) is 23.5 Å². The molecule has 0 saturated carbocycles. The molecule has 166 valence electrons. The zero-order chi connectivity index (χ0) is 22.3. The molecule has 3 heterocycles. The van der Waals surface area contributed by atoms with Crippen molar-refractivity contribution in [1.29, 1.82) is 0 Å². The van der Waals surface area contributed by atoms with Crippen molar-refractivity contribution >= 4 is 16.7 Å². The molecule has 0 radical (unpaired) electrons. The molecular formula is C24H32FN5O. The Balaban J connectivity index is 1.70. The molecule has 1 saturated heterocycles. The fourth-order valence-electron chi connectivity index (χ4n) is 5.09. The molecule has 1 unspecified atom stereocenters. The number of H-pyrrole nitrogens is 1. The number of aryl methyl sites for hydroxylation is 2. The Morgan fingerprint density at radius 3 is 2.61 bits per heavy atom. The average Bonchev–Trinajstić information content (AvgIpc) is 3.25. The van der Waals surface area contributed by atoms with E-state index >= 15 is 0 Å². The van der Waals surface area contributed by atoms with E-state index in [0.717, 1.165) is 48.2 Å². The second-order valence-corrected chi connectivity index (χ2v) is 8.71. The zero-order valence-corrected chi connectivity index (χ0v) is 19.0. The summed E-state index contributed by atoms with van der Waals surface area (Å²) in [6, 6.07) is 7.62. The minimum Gasteiger partial charge on any atom is -0.364 e. The van der Waals surface area contributed by atoms with Gasteiger partial charge in [0.05, 0.1) is 17.4 Å². The largest absolute Gasteiger partial charge is 0.364 e. The van der Waals surface area contributed by atoms with E-state index in [4.69, 9.17) is 0 Å². The first-order valence-electron chi connectivity index (χ1n) is 11.2. The summed E-state index contributed by atoms with van der Waals surface area (Å²) in [5.74, 6) is -0.189. The molecule has 6 nitrogen and oxygen atoms in total. The number of rotatable bonds is 5. The summed E-state index contributed by atoms with van der Waals surface area (Å²) in [5.41, 5.74) is 4.81. The number of hydrogen-bond acceptors (Lipinski definition) is 4. The SMILES string of the molecule is CC[C@H]1CN(C(C)c2ccc(F)cc2C)[C@H](CC)CN1c1cc(=O)n(C)c2cn[nH]c12. The van der Waals surface area contributed by atoms with Crippen LogP contribution in [0.4, 0.5) is 10.1 Å². The normalized spacial score (nSPS) is 21.0. The molecule has 1 aromatic carbocycles. The van der Waals surface area contributed by atoms with Crippen molar-refractivity contribution in [3.8, 4) is 0 Å². The molecule has 1 N–H and O–H groups in total. The predicted molar refractivity (Wildman–Crippen MR) is 123 cm³/mol. The van der Waals surface area contributed by atoms with Crippen LogP contribution in [0.1, 0.15) is 50.8 Å². The number of piperazine rings is 1. The Morgan fingerprint density at radius 2 is 1.94 bits per heavy atom. The number of nitrogens with zero attached hydrogens (tertiary/aromatic N) is 4. The molecule has 1 fully saturated rings. The number of pyridine rings is 1. The van der Waals surface area contributed by atoms with Crippen LogP contribution in [-0.2, 0) is 7.05 Å². The summed E-state index contributed by atoms with van der Waals surface area (Å²) >= 11 is 0. The maximum atomic E-state index is 13.7. The third-order valence-electron chi connectivity index (χ3n) is 7.00. The molecule has 4 rings (SSSR count). The van der Waals surface area contributed by atoms with Crippen molar-refractivity contribution in [3.63, 3.8) is 0 Å². The molecule has 3 aromatic rings. The van der Waals surface area contributed by atoms with Gasteiger partial charge in [-0.3, -0.25) is 14.8 Å². The number of hydrogen-bond donors (Lipinski definition) is 1. The summed E-state index contributed by atoms with van der Waals surface area (Å²) in [4.78, 5) is 17.6. The van der Waals surface area contributed by atoms with Gasteiger partial charge in [-0.1, -0.05) is 19.9 Å². The van der Waals surface area contributed by atoms with Gasteiger partial charge in [-0.05, 0) is 49.9 Å². The predicted octanol–water partition coefficient (Wildman–Crippen LogP) is 4.15. The molecule has 2 aromatic heterocycles. The van der Waals surface area contributed by atoms with Gasteiger partial charge in [0.1, 0.15) is 11.3 Å². The van der Waals surface area contributed by atoms with Crippen LogP contribution in [0.3, 0.4) is 0 Å². The quantitative estimate of drug-likeness (QED) is 0.667. The lowest BCUT2D eigenvalue weighted by Crippen LogP contribution is -2.58. The van der Waals surface area contributed by atoms with Crippen LogP contribution in [0.25, 0.3) is 11.0 Å². The Kier molecular flexibility index (Phi) is 5.88. The molecule has 1 aliphatic rings. The van der Waals surface area contributed by atoms with E-state index in [1.807, 2.05) is 13.0 Å². The van der Waals surface area contributed by atoms with Gasteiger partial charge in [-0.25, -0.2) is 4.39 Å². The fourth-order valence-corrected chi connectivity index (χ4v) is 5.09. The summed E-state index contributed by atoms with van der Waals surface area (Å²) in [7, 11) is 1.78. The van der Waals surface area contributed by atoms with Gasteiger partial charge in [-0.15, -0.1) is 0 Å². The number of benzene rings is 1. The lowest BCUT2D eigenvalue weighted by molar-refractivity contribution is 0.101. The van der Waals surface area contributed by atoms with Crippen LogP contribution < -0.4 is 10.5 Å². The summed E-state index contributed by atoms with van der Waals surface area (Å²) in [6.07, 6.45) is 3.68. The summed E-state index contributed by atoms with van der Waals surface area (Å²) in [5, 5.41) is 7.30. The molecule has 31 heavy (non-hydrogen) atoms. The highest BCUT2D eigenvalue weighted by Gasteiger charge is 2.36. The highest BCUT2D eigenvalue weighted by Crippen LogP contribution is 2.34. The van der Waals surface area contributed by atoms with Gasteiger partial charge >= 0.3 is 0 Å². The van der Waals surface area contributed by atoms with E-state index in [2.05, 4.69) is 40.8 Å². The van der Waals surface area contributed by atoms with Crippen molar-refractivity contribution in [2.45, 2.75) is 58.7 Å². The van der Waals surface area contributed by atoms with Gasteiger partial charge in [0, 0.05) is 44.3 Å². The van der Waals surface area contributed by atoms with E-state index in [0.29, 0.717) is 6.04 Å². The van der Waals surface area contributed by atoms with E-state index in [9.17, 15) is 9.18 Å². The number of halogens is 1. The lowest BCUT2D eigenvalue weighted by atomic mass is 9.94. The van der Waals surface area contributed by atoms with E-state index in [1.165, 1.54) is 5.56 Å². The maximum Gasteiger partial charge on any atom is 0.252 e. The van der Waals surface area contributed by atoms with Crippen molar-refractivity contribution < 1.29 is 4.39 Å². The van der Waals surface area contributed by atoms with Gasteiger partial charge < -0.3 is 9.47 Å². The third kappa shape index (κ3) is 3.76.